The van der Waals surface area contributed by atoms with Gasteiger partial charge in [0.05, 0.1) is 24.1 Å². The van der Waals surface area contributed by atoms with Crippen LogP contribution in [0.3, 0.4) is 0 Å². The lowest BCUT2D eigenvalue weighted by molar-refractivity contribution is 0.0927. The molecule has 3 rings (SSSR count). The molecule has 0 aliphatic rings. The maximum atomic E-state index is 11.8. The Labute approximate surface area is 175 Å². The summed E-state index contributed by atoms with van der Waals surface area (Å²) < 4.78 is 17.0. The quantitative estimate of drug-likeness (QED) is 0.393. The normalized spacial score (nSPS) is 10.8. The van der Waals surface area contributed by atoms with Crippen molar-refractivity contribution in [3.8, 4) is 11.5 Å². The Hall–Kier alpha value is -2.77. The van der Waals surface area contributed by atoms with Crippen LogP contribution in [0.25, 0.3) is 0 Å². The molecule has 1 heterocycles. The molecule has 2 aromatic carbocycles. The summed E-state index contributed by atoms with van der Waals surface area (Å²) >= 11 is 9.65. The van der Waals surface area contributed by atoms with E-state index < -0.39 is 5.91 Å². The molecule has 0 radical (unpaired) electrons. The Morgan fingerprint density at radius 2 is 2.11 bits per heavy atom. The minimum atomic E-state index is -0.438. The van der Waals surface area contributed by atoms with Gasteiger partial charge in [-0.05, 0) is 51.8 Å². The fourth-order valence-corrected chi connectivity index (χ4v) is 3.11. The van der Waals surface area contributed by atoms with Gasteiger partial charge >= 0.3 is 5.91 Å². The van der Waals surface area contributed by atoms with Gasteiger partial charge in [0.15, 0.2) is 17.3 Å². The van der Waals surface area contributed by atoms with Crippen LogP contribution >= 0.6 is 27.5 Å². The molecule has 0 aliphatic heterocycles. The molecular formula is C20H16BrClN2O4. The van der Waals surface area contributed by atoms with Gasteiger partial charge in [0.1, 0.15) is 6.61 Å². The first-order valence-electron chi connectivity index (χ1n) is 8.19. The third-order valence-corrected chi connectivity index (χ3v) is 4.66. The molecule has 0 fully saturated rings. The molecular weight excluding hydrogens is 448 g/mol. The lowest BCUT2D eigenvalue weighted by Gasteiger charge is -2.14. The molecule has 0 aliphatic carbocycles. The summed E-state index contributed by atoms with van der Waals surface area (Å²) in [7, 11) is 1.55. The number of carbonyl (C=O) groups excluding carboxylic acids is 1. The Balaban J connectivity index is 1.71. The van der Waals surface area contributed by atoms with Crippen molar-refractivity contribution in [1.82, 2.24) is 5.43 Å². The zero-order valence-electron chi connectivity index (χ0n) is 14.8. The van der Waals surface area contributed by atoms with E-state index in [1.54, 1.807) is 31.4 Å². The van der Waals surface area contributed by atoms with Crippen LogP contribution in [-0.4, -0.2) is 19.2 Å². The SMILES string of the molecule is COc1cc(C=NNC(=O)c2ccco2)cc(Br)c1OCc1ccccc1Cl. The molecule has 1 N–H and O–H groups in total. The molecule has 0 saturated heterocycles. The molecule has 0 unspecified atom stereocenters. The summed E-state index contributed by atoms with van der Waals surface area (Å²) in [6, 6.07) is 14.2. The largest absolute Gasteiger partial charge is 0.493 e. The van der Waals surface area contributed by atoms with Crippen LogP contribution in [0.5, 0.6) is 11.5 Å². The van der Waals surface area contributed by atoms with Gasteiger partial charge in [-0.25, -0.2) is 5.43 Å². The van der Waals surface area contributed by atoms with E-state index in [1.165, 1.54) is 12.5 Å². The van der Waals surface area contributed by atoms with Gasteiger partial charge in [0.25, 0.3) is 0 Å². The van der Waals surface area contributed by atoms with E-state index in [1.807, 2.05) is 24.3 Å². The smallest absolute Gasteiger partial charge is 0.307 e. The van der Waals surface area contributed by atoms with Crippen molar-refractivity contribution in [3.05, 3.63) is 81.2 Å². The van der Waals surface area contributed by atoms with Crippen LogP contribution in [0.2, 0.25) is 5.02 Å². The number of nitrogens with one attached hydrogen (secondary N) is 1. The van der Waals surface area contributed by atoms with Crippen LogP contribution in [0, 0.1) is 0 Å². The highest BCUT2D eigenvalue weighted by molar-refractivity contribution is 9.10. The van der Waals surface area contributed by atoms with Crippen molar-refractivity contribution in [2.75, 3.05) is 7.11 Å². The Morgan fingerprint density at radius 3 is 2.82 bits per heavy atom. The first-order valence-corrected chi connectivity index (χ1v) is 9.36. The molecule has 144 valence electrons. The third kappa shape index (κ3) is 4.94. The van der Waals surface area contributed by atoms with E-state index in [9.17, 15) is 4.79 Å². The van der Waals surface area contributed by atoms with E-state index in [4.69, 9.17) is 25.5 Å². The molecule has 28 heavy (non-hydrogen) atoms. The van der Waals surface area contributed by atoms with Crippen molar-refractivity contribution in [3.63, 3.8) is 0 Å². The number of furan rings is 1. The van der Waals surface area contributed by atoms with Crippen molar-refractivity contribution in [2.24, 2.45) is 5.10 Å². The highest BCUT2D eigenvalue weighted by Gasteiger charge is 2.12. The van der Waals surface area contributed by atoms with Crippen molar-refractivity contribution < 1.29 is 18.7 Å². The summed E-state index contributed by atoms with van der Waals surface area (Å²) in [5.74, 6) is 0.797. The minimum absolute atomic E-state index is 0.180. The molecule has 0 bridgehead atoms. The number of halogens is 2. The predicted octanol–water partition coefficient (Wildman–Crippen LogP) is 5.05. The zero-order chi connectivity index (χ0) is 19.9. The average Bonchev–Trinajstić information content (AvgIpc) is 3.23. The summed E-state index contributed by atoms with van der Waals surface area (Å²) in [5.41, 5.74) is 3.96. The minimum Gasteiger partial charge on any atom is -0.493 e. The Bertz CT molecular complexity index is 990. The molecule has 0 atom stereocenters. The number of hydrazone groups is 1. The standard InChI is InChI=1S/C20H16BrClN2O4/c1-26-18-10-13(11-23-24-20(25)17-7-4-8-27-17)9-15(21)19(18)28-12-14-5-2-3-6-16(14)22/h2-11H,12H2,1H3,(H,24,25). The summed E-state index contributed by atoms with van der Waals surface area (Å²) in [6.45, 7) is 0.293. The second-order valence-electron chi connectivity index (χ2n) is 5.59. The Morgan fingerprint density at radius 1 is 1.29 bits per heavy atom. The van der Waals surface area contributed by atoms with Crippen molar-refractivity contribution in [1.29, 1.82) is 0 Å². The predicted molar refractivity (Wildman–Crippen MR) is 110 cm³/mol. The van der Waals surface area contributed by atoms with Gasteiger partial charge in [-0.1, -0.05) is 29.8 Å². The summed E-state index contributed by atoms with van der Waals surface area (Å²) in [4.78, 5) is 11.8. The van der Waals surface area contributed by atoms with E-state index in [0.29, 0.717) is 33.2 Å². The number of hydrogen-bond acceptors (Lipinski definition) is 5. The molecule has 0 spiro atoms. The highest BCUT2D eigenvalue weighted by Crippen LogP contribution is 2.37. The number of amides is 1. The van der Waals surface area contributed by atoms with E-state index >= 15 is 0 Å². The number of hydrogen-bond donors (Lipinski definition) is 1. The molecule has 0 saturated carbocycles. The number of methoxy groups -OCH3 is 1. The van der Waals surface area contributed by atoms with Crippen molar-refractivity contribution >= 4 is 39.7 Å². The van der Waals surface area contributed by atoms with Crippen LogP contribution in [0.1, 0.15) is 21.7 Å². The summed E-state index contributed by atoms with van der Waals surface area (Å²) in [5, 5.41) is 4.56. The van der Waals surface area contributed by atoms with Crippen LogP contribution in [0.15, 0.2) is 68.8 Å². The van der Waals surface area contributed by atoms with Crippen LogP contribution in [-0.2, 0) is 6.61 Å². The van der Waals surface area contributed by atoms with Crippen LogP contribution < -0.4 is 14.9 Å². The fraction of sp³-hybridized carbons (Fsp3) is 0.100. The lowest BCUT2D eigenvalue weighted by atomic mass is 10.2. The van der Waals surface area contributed by atoms with Gasteiger partial charge in [0.2, 0.25) is 0 Å². The molecule has 1 amide bonds. The van der Waals surface area contributed by atoms with Gasteiger partial charge in [0, 0.05) is 10.6 Å². The highest BCUT2D eigenvalue weighted by atomic mass is 79.9. The average molecular weight is 464 g/mol. The number of benzene rings is 2. The second kappa shape index (κ2) is 9.43. The molecule has 6 nitrogen and oxygen atoms in total. The van der Waals surface area contributed by atoms with Gasteiger partial charge in [-0.3, -0.25) is 4.79 Å². The summed E-state index contributed by atoms with van der Waals surface area (Å²) in [6.07, 6.45) is 2.91. The van der Waals surface area contributed by atoms with E-state index in [2.05, 4.69) is 26.5 Å². The van der Waals surface area contributed by atoms with E-state index in [0.717, 1.165) is 5.56 Å². The fourth-order valence-electron chi connectivity index (χ4n) is 2.35. The number of carbonyl (C=O) groups is 1. The maximum Gasteiger partial charge on any atom is 0.307 e. The van der Waals surface area contributed by atoms with Gasteiger partial charge < -0.3 is 13.9 Å². The zero-order valence-corrected chi connectivity index (χ0v) is 17.2. The van der Waals surface area contributed by atoms with Crippen LogP contribution in [0.4, 0.5) is 0 Å². The monoisotopic (exact) mass is 462 g/mol. The second-order valence-corrected chi connectivity index (χ2v) is 6.85. The first kappa shape index (κ1) is 20.0. The van der Waals surface area contributed by atoms with Gasteiger partial charge in [-0.15, -0.1) is 0 Å². The van der Waals surface area contributed by atoms with Crippen molar-refractivity contribution in [2.45, 2.75) is 6.61 Å². The number of nitrogens with zero attached hydrogens (tertiary/aromatic N) is 1. The topological polar surface area (TPSA) is 73.1 Å². The number of ether oxygens (including phenoxy) is 2. The maximum absolute atomic E-state index is 11.8. The molecule has 3 aromatic rings. The van der Waals surface area contributed by atoms with E-state index in [-0.39, 0.29) is 5.76 Å². The third-order valence-electron chi connectivity index (χ3n) is 3.71. The Kier molecular flexibility index (Phi) is 6.73. The molecule has 8 heteroatoms. The number of rotatable bonds is 7. The lowest BCUT2D eigenvalue weighted by Crippen LogP contribution is -2.16. The first-order chi connectivity index (χ1) is 13.6. The van der Waals surface area contributed by atoms with Gasteiger partial charge in [-0.2, -0.15) is 5.10 Å². The molecule has 1 aromatic heterocycles.